The first-order valence-corrected chi connectivity index (χ1v) is 6.01. The second-order valence-corrected chi connectivity index (χ2v) is 4.43. The Morgan fingerprint density at radius 1 is 1.61 bits per heavy atom. The predicted octanol–water partition coefficient (Wildman–Crippen LogP) is 3.10. The van der Waals surface area contributed by atoms with Crippen LogP contribution in [0.15, 0.2) is 18.2 Å². The van der Waals surface area contributed by atoms with Crippen molar-refractivity contribution < 1.29 is 9.18 Å². The maximum Gasteiger partial charge on any atom is 0.256 e. The molecule has 1 aromatic rings. The number of hydrogen-bond donors (Lipinski definition) is 0. The molecule has 1 unspecified atom stereocenters. The average Bonchev–Trinajstić information content (AvgIpc) is 2.34. The molecular formula is C13H14ClFN2O. The van der Waals surface area contributed by atoms with Crippen LogP contribution >= 0.6 is 11.6 Å². The Morgan fingerprint density at radius 2 is 2.28 bits per heavy atom. The summed E-state index contributed by atoms with van der Waals surface area (Å²) in [5.41, 5.74) is -0.0219. The van der Waals surface area contributed by atoms with Crippen LogP contribution in [-0.2, 0) is 0 Å². The maximum absolute atomic E-state index is 13.6. The van der Waals surface area contributed by atoms with Crippen molar-refractivity contribution in [2.24, 2.45) is 5.92 Å². The number of benzene rings is 1. The van der Waals surface area contributed by atoms with Gasteiger partial charge in [-0.3, -0.25) is 4.79 Å². The minimum atomic E-state index is -0.643. The minimum absolute atomic E-state index is 0.0219. The van der Waals surface area contributed by atoms with E-state index < -0.39 is 11.7 Å². The van der Waals surface area contributed by atoms with Gasteiger partial charge in [0.05, 0.1) is 17.6 Å². The van der Waals surface area contributed by atoms with E-state index in [2.05, 4.69) is 6.07 Å². The van der Waals surface area contributed by atoms with Gasteiger partial charge in [-0.1, -0.05) is 11.6 Å². The Kier molecular flexibility index (Phi) is 5.11. The summed E-state index contributed by atoms with van der Waals surface area (Å²) in [6.45, 7) is 4.21. The van der Waals surface area contributed by atoms with Gasteiger partial charge < -0.3 is 4.90 Å². The maximum atomic E-state index is 13.6. The van der Waals surface area contributed by atoms with Crippen LogP contribution in [0.5, 0.6) is 0 Å². The Labute approximate surface area is 111 Å². The summed E-state index contributed by atoms with van der Waals surface area (Å²) < 4.78 is 13.6. The molecule has 1 atom stereocenters. The highest BCUT2D eigenvalue weighted by molar-refractivity contribution is 6.30. The lowest BCUT2D eigenvalue weighted by Crippen LogP contribution is -2.34. The van der Waals surface area contributed by atoms with Crippen molar-refractivity contribution in [2.45, 2.75) is 13.8 Å². The molecule has 0 aliphatic carbocycles. The molecule has 0 aliphatic heterocycles. The molecule has 0 N–H and O–H groups in total. The van der Waals surface area contributed by atoms with Crippen LogP contribution in [0.4, 0.5) is 4.39 Å². The minimum Gasteiger partial charge on any atom is -0.338 e. The lowest BCUT2D eigenvalue weighted by atomic mass is 10.1. The lowest BCUT2D eigenvalue weighted by Gasteiger charge is -2.22. The first-order chi connectivity index (χ1) is 8.49. The molecule has 0 aliphatic rings. The molecule has 0 saturated carbocycles. The number of halogens is 2. The predicted molar refractivity (Wildman–Crippen MR) is 67.8 cm³/mol. The largest absolute Gasteiger partial charge is 0.338 e. The first kappa shape index (κ1) is 14.5. The van der Waals surface area contributed by atoms with Gasteiger partial charge >= 0.3 is 0 Å². The smallest absolute Gasteiger partial charge is 0.256 e. The third-order valence-corrected chi connectivity index (χ3v) is 2.78. The summed E-state index contributed by atoms with van der Waals surface area (Å²) in [5.74, 6) is -1.35. The Morgan fingerprint density at radius 3 is 2.78 bits per heavy atom. The van der Waals surface area contributed by atoms with Crippen molar-refractivity contribution >= 4 is 17.5 Å². The quantitative estimate of drug-likeness (QED) is 0.842. The fourth-order valence-corrected chi connectivity index (χ4v) is 1.72. The van der Waals surface area contributed by atoms with Gasteiger partial charge in [0, 0.05) is 18.1 Å². The Bertz CT molecular complexity index is 484. The van der Waals surface area contributed by atoms with E-state index in [1.807, 2.05) is 0 Å². The second kappa shape index (κ2) is 6.36. The van der Waals surface area contributed by atoms with Crippen LogP contribution in [0.1, 0.15) is 24.2 Å². The van der Waals surface area contributed by atoms with Crippen LogP contribution in [0.25, 0.3) is 0 Å². The Hall–Kier alpha value is -1.60. The number of amides is 1. The molecule has 0 spiro atoms. The summed E-state index contributed by atoms with van der Waals surface area (Å²) in [6.07, 6.45) is 0. The van der Waals surface area contributed by atoms with Crippen molar-refractivity contribution in [1.82, 2.24) is 4.90 Å². The molecule has 0 heterocycles. The normalized spacial score (nSPS) is 11.7. The number of carbonyl (C=O) groups excluding carboxylic acids is 1. The highest BCUT2D eigenvalue weighted by Gasteiger charge is 2.19. The van der Waals surface area contributed by atoms with Gasteiger partial charge in [0.25, 0.3) is 5.91 Å². The van der Waals surface area contributed by atoms with E-state index in [1.54, 1.807) is 13.8 Å². The third kappa shape index (κ3) is 3.44. The number of nitriles is 1. The average molecular weight is 269 g/mol. The van der Waals surface area contributed by atoms with Crippen molar-refractivity contribution in [3.8, 4) is 6.07 Å². The molecule has 96 valence electrons. The fourth-order valence-electron chi connectivity index (χ4n) is 1.56. The molecule has 3 nitrogen and oxygen atoms in total. The van der Waals surface area contributed by atoms with Gasteiger partial charge in [-0.05, 0) is 32.0 Å². The summed E-state index contributed by atoms with van der Waals surface area (Å²) in [5, 5.41) is 8.99. The standard InChI is InChI=1S/C13H14ClFN2O/c1-3-17(8-9(2)7-16)13(18)11-5-4-10(14)6-12(11)15/h4-6,9H,3,8H2,1-2H3. The van der Waals surface area contributed by atoms with Crippen LogP contribution < -0.4 is 0 Å². The van der Waals surface area contributed by atoms with Gasteiger partial charge in [-0.2, -0.15) is 5.26 Å². The zero-order chi connectivity index (χ0) is 13.7. The molecule has 5 heteroatoms. The van der Waals surface area contributed by atoms with Gasteiger partial charge in [-0.15, -0.1) is 0 Å². The van der Waals surface area contributed by atoms with E-state index in [4.69, 9.17) is 16.9 Å². The molecule has 0 fully saturated rings. The van der Waals surface area contributed by atoms with Gasteiger partial charge in [-0.25, -0.2) is 4.39 Å². The van der Waals surface area contributed by atoms with Gasteiger partial charge in [0.15, 0.2) is 0 Å². The highest BCUT2D eigenvalue weighted by atomic mass is 35.5. The zero-order valence-corrected chi connectivity index (χ0v) is 11.0. The molecular weight excluding hydrogens is 255 g/mol. The molecule has 0 radical (unpaired) electrons. The molecule has 1 amide bonds. The van der Waals surface area contributed by atoms with Gasteiger partial charge in [0.2, 0.25) is 0 Å². The first-order valence-electron chi connectivity index (χ1n) is 5.63. The molecule has 0 aromatic heterocycles. The zero-order valence-electron chi connectivity index (χ0n) is 10.3. The van der Waals surface area contributed by atoms with Crippen LogP contribution in [-0.4, -0.2) is 23.9 Å². The number of carbonyl (C=O) groups is 1. The number of rotatable bonds is 4. The van der Waals surface area contributed by atoms with Crippen molar-refractivity contribution in [3.63, 3.8) is 0 Å². The lowest BCUT2D eigenvalue weighted by molar-refractivity contribution is 0.0748. The van der Waals surface area contributed by atoms with Crippen LogP contribution in [0.3, 0.4) is 0 Å². The SMILES string of the molecule is CCN(CC(C)C#N)C(=O)c1ccc(Cl)cc1F. The fraction of sp³-hybridized carbons (Fsp3) is 0.385. The number of nitrogens with zero attached hydrogens (tertiary/aromatic N) is 2. The van der Waals surface area contributed by atoms with Gasteiger partial charge in [0.1, 0.15) is 5.82 Å². The molecule has 0 bridgehead atoms. The monoisotopic (exact) mass is 268 g/mol. The Balaban J connectivity index is 2.94. The third-order valence-electron chi connectivity index (χ3n) is 2.55. The summed E-state index contributed by atoms with van der Waals surface area (Å²) in [4.78, 5) is 13.5. The van der Waals surface area contributed by atoms with Crippen LogP contribution in [0.2, 0.25) is 5.02 Å². The van der Waals surface area contributed by atoms with Crippen molar-refractivity contribution in [2.75, 3.05) is 13.1 Å². The second-order valence-electron chi connectivity index (χ2n) is 4.00. The van der Waals surface area contributed by atoms with Crippen molar-refractivity contribution in [1.29, 1.82) is 5.26 Å². The van der Waals surface area contributed by atoms with Crippen LogP contribution in [0, 0.1) is 23.1 Å². The highest BCUT2D eigenvalue weighted by Crippen LogP contribution is 2.16. The van der Waals surface area contributed by atoms with E-state index in [9.17, 15) is 9.18 Å². The molecule has 1 rings (SSSR count). The van der Waals surface area contributed by atoms with Crippen molar-refractivity contribution in [3.05, 3.63) is 34.6 Å². The van der Waals surface area contributed by atoms with E-state index in [0.717, 1.165) is 6.07 Å². The van der Waals surface area contributed by atoms with E-state index in [0.29, 0.717) is 6.54 Å². The number of hydrogen-bond acceptors (Lipinski definition) is 2. The molecule has 0 saturated heterocycles. The topological polar surface area (TPSA) is 44.1 Å². The van der Waals surface area contributed by atoms with E-state index in [-0.39, 0.29) is 23.0 Å². The summed E-state index contributed by atoms with van der Waals surface area (Å²) >= 11 is 5.63. The van der Waals surface area contributed by atoms with E-state index >= 15 is 0 Å². The molecule has 18 heavy (non-hydrogen) atoms. The summed E-state index contributed by atoms with van der Waals surface area (Å²) in [7, 11) is 0. The molecule has 1 aromatic carbocycles. The summed E-state index contributed by atoms with van der Waals surface area (Å²) in [6, 6.07) is 5.99. The van der Waals surface area contributed by atoms with E-state index in [1.165, 1.54) is 17.0 Å².